The molecule has 0 spiro atoms. The average Bonchev–Trinajstić information content (AvgIpc) is 2.93. The monoisotopic (exact) mass is 579 g/mol. The predicted molar refractivity (Wildman–Crippen MR) is 155 cm³/mol. The molecule has 1 atom stereocenters. The van der Waals surface area contributed by atoms with Crippen LogP contribution in [0.4, 0.5) is 14.6 Å². The van der Waals surface area contributed by atoms with Gasteiger partial charge in [0.2, 0.25) is 5.91 Å². The molecule has 1 aliphatic heterocycles. The second-order valence-electron chi connectivity index (χ2n) is 10.7. The first-order valence-corrected chi connectivity index (χ1v) is 13.7. The molecule has 0 saturated carbocycles. The van der Waals surface area contributed by atoms with E-state index in [4.69, 9.17) is 0 Å². The summed E-state index contributed by atoms with van der Waals surface area (Å²) in [6.07, 6.45) is -0.588. The number of pyridine rings is 1. The fraction of sp³-hybridized carbons (Fsp3) is 0.355. The molecule has 1 aliphatic rings. The Bertz CT molecular complexity index is 1480. The summed E-state index contributed by atoms with van der Waals surface area (Å²) in [6, 6.07) is 9.70. The number of carbonyl (C=O) groups excluding carboxylic acids is 2. The second-order valence-corrected chi connectivity index (χ2v) is 10.7. The molecule has 2 heterocycles. The number of aliphatic carboxylic acids is 1. The third kappa shape index (κ3) is 7.27. The Morgan fingerprint density at radius 1 is 0.976 bits per heavy atom. The van der Waals surface area contributed by atoms with Crippen molar-refractivity contribution < 1.29 is 28.3 Å². The van der Waals surface area contributed by atoms with E-state index in [1.165, 1.54) is 18.2 Å². The quantitative estimate of drug-likeness (QED) is 0.354. The summed E-state index contributed by atoms with van der Waals surface area (Å²) < 4.78 is 29.3. The van der Waals surface area contributed by atoms with Gasteiger partial charge in [0.1, 0.15) is 23.1 Å². The predicted octanol–water partition coefficient (Wildman–Crippen LogP) is 3.77. The lowest BCUT2D eigenvalue weighted by Crippen LogP contribution is -2.45. The minimum atomic E-state index is -1.24. The highest BCUT2D eigenvalue weighted by atomic mass is 19.1. The van der Waals surface area contributed by atoms with Crippen molar-refractivity contribution in [3.8, 4) is 11.1 Å². The number of carboxylic acid groups (broad SMARTS) is 1. The zero-order valence-corrected chi connectivity index (χ0v) is 24.1. The number of carboxylic acids is 1. The van der Waals surface area contributed by atoms with Crippen LogP contribution in [0.15, 0.2) is 42.5 Å². The number of nitrogens with zero attached hydrogens (tertiary/aromatic N) is 3. The molecule has 2 aromatic carbocycles. The van der Waals surface area contributed by atoms with E-state index >= 15 is 4.39 Å². The number of benzene rings is 2. The molecule has 222 valence electrons. The van der Waals surface area contributed by atoms with Gasteiger partial charge in [-0.05, 0) is 92.0 Å². The fourth-order valence-corrected chi connectivity index (χ4v) is 5.23. The molecular formula is C31H35F2N5O4. The molecule has 1 aromatic heterocycles. The molecule has 1 saturated heterocycles. The van der Waals surface area contributed by atoms with Crippen molar-refractivity contribution in [2.45, 2.75) is 33.2 Å². The molecular weight excluding hydrogens is 544 g/mol. The first-order chi connectivity index (χ1) is 19.9. The highest BCUT2D eigenvalue weighted by molar-refractivity contribution is 5.95. The number of piperazine rings is 1. The van der Waals surface area contributed by atoms with E-state index in [9.17, 15) is 23.9 Å². The van der Waals surface area contributed by atoms with Gasteiger partial charge in [0.25, 0.3) is 5.91 Å². The van der Waals surface area contributed by atoms with Gasteiger partial charge >= 0.3 is 5.97 Å². The maximum absolute atomic E-state index is 15.4. The van der Waals surface area contributed by atoms with Gasteiger partial charge in [-0.2, -0.15) is 0 Å². The van der Waals surface area contributed by atoms with Crippen molar-refractivity contribution in [1.82, 2.24) is 20.5 Å². The number of likely N-dealkylation sites (N-methyl/N-ethyl adjacent to an activating group) is 1. The number of amides is 2. The molecule has 0 bridgehead atoms. The summed E-state index contributed by atoms with van der Waals surface area (Å²) in [6.45, 7) is 7.85. The summed E-state index contributed by atoms with van der Waals surface area (Å²) >= 11 is 0. The van der Waals surface area contributed by atoms with Gasteiger partial charge in [0, 0.05) is 31.7 Å². The molecule has 0 aliphatic carbocycles. The van der Waals surface area contributed by atoms with Gasteiger partial charge in [-0.3, -0.25) is 14.4 Å². The summed E-state index contributed by atoms with van der Waals surface area (Å²) in [5, 5.41) is 14.6. The fourth-order valence-electron chi connectivity index (χ4n) is 5.23. The Labute approximate surface area is 243 Å². The highest BCUT2D eigenvalue weighted by Gasteiger charge is 2.25. The van der Waals surface area contributed by atoms with Gasteiger partial charge in [0.15, 0.2) is 0 Å². The molecule has 3 aromatic rings. The topological polar surface area (TPSA) is 115 Å². The van der Waals surface area contributed by atoms with Crippen molar-refractivity contribution >= 4 is 23.6 Å². The standard InChI is InChI=1S/C31H35F2N5O4/c1-18-13-22(32)14-19(2)29(18)21-12-20(3)30(33)23(15-21)25(16-28(40)41)36-27(39)17-34-31(42)24-6-5-7-26(35-24)38-10-8-37(4)9-11-38/h5-7,12-15,25H,8-11,16-17H2,1-4H3,(H,34,42)(H,36,39)(H,40,41). The van der Waals surface area contributed by atoms with Gasteiger partial charge in [-0.25, -0.2) is 13.8 Å². The third-order valence-electron chi connectivity index (χ3n) is 7.36. The van der Waals surface area contributed by atoms with Crippen molar-refractivity contribution in [3.05, 3.63) is 82.0 Å². The lowest BCUT2D eigenvalue weighted by molar-refractivity contribution is -0.137. The third-order valence-corrected chi connectivity index (χ3v) is 7.36. The van der Waals surface area contributed by atoms with Gasteiger partial charge in [-0.15, -0.1) is 0 Å². The number of anilines is 1. The minimum Gasteiger partial charge on any atom is -0.481 e. The van der Waals surface area contributed by atoms with Gasteiger partial charge in [-0.1, -0.05) is 6.07 Å². The maximum Gasteiger partial charge on any atom is 0.305 e. The van der Waals surface area contributed by atoms with Gasteiger partial charge < -0.3 is 25.5 Å². The van der Waals surface area contributed by atoms with Crippen LogP contribution in [0.2, 0.25) is 0 Å². The Hall–Kier alpha value is -4.38. The molecule has 9 nitrogen and oxygen atoms in total. The first-order valence-electron chi connectivity index (χ1n) is 13.7. The number of hydrogen-bond acceptors (Lipinski definition) is 6. The highest BCUT2D eigenvalue weighted by Crippen LogP contribution is 2.33. The Balaban J connectivity index is 1.50. The summed E-state index contributed by atoms with van der Waals surface area (Å²) in [7, 11) is 2.04. The molecule has 42 heavy (non-hydrogen) atoms. The van der Waals surface area contributed by atoms with Crippen LogP contribution in [0.3, 0.4) is 0 Å². The van der Waals surface area contributed by atoms with Crippen LogP contribution in [-0.2, 0) is 9.59 Å². The number of hydrogen-bond donors (Lipinski definition) is 3. The smallest absolute Gasteiger partial charge is 0.305 e. The van der Waals surface area contributed by atoms with Crippen LogP contribution in [0.1, 0.15) is 45.2 Å². The van der Waals surface area contributed by atoms with Crippen LogP contribution in [0, 0.1) is 32.4 Å². The van der Waals surface area contributed by atoms with Crippen LogP contribution in [-0.4, -0.2) is 72.5 Å². The molecule has 11 heteroatoms. The summed E-state index contributed by atoms with van der Waals surface area (Å²) in [5.41, 5.74) is 2.91. The molecule has 1 unspecified atom stereocenters. The van der Waals surface area contributed by atoms with Crippen LogP contribution in [0.25, 0.3) is 11.1 Å². The van der Waals surface area contributed by atoms with E-state index in [-0.39, 0.29) is 16.8 Å². The van der Waals surface area contributed by atoms with E-state index in [2.05, 4.69) is 25.4 Å². The average molecular weight is 580 g/mol. The molecule has 2 amide bonds. The van der Waals surface area contributed by atoms with E-state index in [1.807, 2.05) is 13.1 Å². The Morgan fingerprint density at radius 3 is 2.29 bits per heavy atom. The van der Waals surface area contributed by atoms with E-state index < -0.39 is 48.4 Å². The number of carbonyl (C=O) groups is 3. The SMILES string of the molecule is Cc1cc(-c2c(C)cc(F)cc2C)cc(C(CC(=O)O)NC(=O)CNC(=O)c2cccc(N3CCN(C)CC3)n2)c1F. The van der Waals surface area contributed by atoms with Crippen molar-refractivity contribution in [3.63, 3.8) is 0 Å². The molecule has 1 fully saturated rings. The van der Waals surface area contributed by atoms with Crippen LogP contribution >= 0.6 is 0 Å². The Kier molecular flexibility index (Phi) is 9.52. The first kappa shape index (κ1) is 30.6. The Morgan fingerprint density at radius 2 is 1.64 bits per heavy atom. The molecule has 4 rings (SSSR count). The lowest BCUT2D eigenvalue weighted by atomic mass is 9.90. The number of aryl methyl sites for hydroxylation is 3. The van der Waals surface area contributed by atoms with E-state index in [1.54, 1.807) is 39.0 Å². The lowest BCUT2D eigenvalue weighted by Gasteiger charge is -2.33. The van der Waals surface area contributed by atoms with Gasteiger partial charge in [0.05, 0.1) is 19.0 Å². The zero-order chi connectivity index (χ0) is 30.6. The number of nitrogens with one attached hydrogen (secondary N) is 2. The molecule has 3 N–H and O–H groups in total. The largest absolute Gasteiger partial charge is 0.481 e. The number of halogens is 2. The van der Waals surface area contributed by atoms with E-state index in [0.717, 1.165) is 26.2 Å². The number of aromatic nitrogens is 1. The second kappa shape index (κ2) is 13.1. The maximum atomic E-state index is 15.4. The normalized spacial score (nSPS) is 14.4. The summed E-state index contributed by atoms with van der Waals surface area (Å²) in [5.74, 6) is -2.89. The van der Waals surface area contributed by atoms with Crippen molar-refractivity contribution in [2.24, 2.45) is 0 Å². The minimum absolute atomic E-state index is 0.0169. The van der Waals surface area contributed by atoms with Crippen molar-refractivity contribution in [1.29, 1.82) is 0 Å². The van der Waals surface area contributed by atoms with Crippen LogP contribution in [0.5, 0.6) is 0 Å². The molecule has 0 radical (unpaired) electrons. The van der Waals surface area contributed by atoms with E-state index in [0.29, 0.717) is 28.1 Å². The summed E-state index contributed by atoms with van der Waals surface area (Å²) in [4.78, 5) is 46.1. The number of rotatable bonds is 9. The van der Waals surface area contributed by atoms with Crippen LogP contribution < -0.4 is 15.5 Å². The van der Waals surface area contributed by atoms with Crippen molar-refractivity contribution in [2.75, 3.05) is 44.7 Å². The zero-order valence-electron chi connectivity index (χ0n) is 24.1.